The van der Waals surface area contributed by atoms with E-state index in [1.54, 1.807) is 68.8 Å². The van der Waals surface area contributed by atoms with E-state index in [-0.39, 0.29) is 11.0 Å². The van der Waals surface area contributed by atoms with Gasteiger partial charge in [0, 0.05) is 16.8 Å². The summed E-state index contributed by atoms with van der Waals surface area (Å²) in [7, 11) is 3.12. The second-order valence-electron chi connectivity index (χ2n) is 6.69. The third-order valence-corrected chi connectivity index (χ3v) is 5.12. The number of ether oxygens (including phenoxy) is 2. The molecule has 1 amide bonds. The van der Waals surface area contributed by atoms with Gasteiger partial charge in [0.2, 0.25) is 5.89 Å². The molecule has 4 rings (SSSR count). The highest BCUT2D eigenvalue weighted by atomic mass is 35.5. The first-order valence-electron chi connectivity index (χ1n) is 9.47. The highest BCUT2D eigenvalue weighted by molar-refractivity contribution is 7.80. The fraction of sp³-hybridized carbons (Fsp3) is 0.0870. The van der Waals surface area contributed by atoms with E-state index in [0.717, 1.165) is 5.56 Å². The number of nitrogens with zero attached hydrogens (tertiary/aromatic N) is 1. The lowest BCUT2D eigenvalue weighted by Crippen LogP contribution is -2.34. The second-order valence-corrected chi connectivity index (χ2v) is 7.50. The van der Waals surface area contributed by atoms with Gasteiger partial charge in [-0.25, -0.2) is 4.98 Å². The molecule has 0 aliphatic carbocycles. The summed E-state index contributed by atoms with van der Waals surface area (Å²) in [6.45, 7) is 0. The molecule has 1 aromatic heterocycles. The van der Waals surface area contributed by atoms with Crippen LogP contribution in [-0.4, -0.2) is 30.2 Å². The normalized spacial score (nSPS) is 10.6. The van der Waals surface area contributed by atoms with Gasteiger partial charge in [0.1, 0.15) is 17.0 Å². The first-order valence-corrected chi connectivity index (χ1v) is 10.3. The molecule has 9 heteroatoms. The zero-order valence-electron chi connectivity index (χ0n) is 17.1. The largest absolute Gasteiger partial charge is 0.497 e. The zero-order valence-corrected chi connectivity index (χ0v) is 18.7. The fourth-order valence-electron chi connectivity index (χ4n) is 3.01. The molecule has 0 saturated carbocycles. The Morgan fingerprint density at radius 1 is 1.03 bits per heavy atom. The summed E-state index contributed by atoms with van der Waals surface area (Å²) in [6, 6.07) is 17.4. The molecule has 0 atom stereocenters. The number of carbonyl (C=O) groups is 1. The average Bonchev–Trinajstić information content (AvgIpc) is 3.22. The Labute approximate surface area is 194 Å². The Hall–Kier alpha value is -3.62. The number of carbonyl (C=O) groups excluding carboxylic acids is 1. The van der Waals surface area contributed by atoms with Crippen LogP contribution < -0.4 is 20.1 Å². The minimum absolute atomic E-state index is 0.163. The highest BCUT2D eigenvalue weighted by Crippen LogP contribution is 2.32. The number of thiocarbonyl (C=S) groups is 1. The van der Waals surface area contributed by atoms with Crippen LogP contribution in [0.5, 0.6) is 11.5 Å². The second kappa shape index (κ2) is 9.25. The molecular formula is C23H18ClN3O4S. The lowest BCUT2D eigenvalue weighted by Gasteiger charge is -2.09. The maximum Gasteiger partial charge on any atom is 0.257 e. The van der Waals surface area contributed by atoms with Gasteiger partial charge in [0.05, 0.1) is 19.2 Å². The summed E-state index contributed by atoms with van der Waals surface area (Å²) in [5.41, 5.74) is 3.07. The van der Waals surface area contributed by atoms with E-state index in [9.17, 15) is 4.79 Å². The van der Waals surface area contributed by atoms with Gasteiger partial charge in [0.15, 0.2) is 10.7 Å². The molecule has 162 valence electrons. The molecule has 0 saturated heterocycles. The third-order valence-electron chi connectivity index (χ3n) is 4.62. The zero-order chi connectivity index (χ0) is 22.7. The number of anilines is 1. The van der Waals surface area contributed by atoms with Crippen molar-refractivity contribution in [1.82, 2.24) is 10.3 Å². The summed E-state index contributed by atoms with van der Waals surface area (Å²) < 4.78 is 16.1. The van der Waals surface area contributed by atoms with Crippen molar-refractivity contribution in [3.63, 3.8) is 0 Å². The predicted molar refractivity (Wildman–Crippen MR) is 128 cm³/mol. The van der Waals surface area contributed by atoms with Crippen molar-refractivity contribution in [2.75, 3.05) is 19.5 Å². The Bertz CT molecular complexity index is 1300. The van der Waals surface area contributed by atoms with Crippen LogP contribution in [0.4, 0.5) is 5.69 Å². The number of halogens is 1. The number of amides is 1. The first-order chi connectivity index (χ1) is 15.5. The topological polar surface area (TPSA) is 85.6 Å². The molecule has 0 fully saturated rings. The van der Waals surface area contributed by atoms with Crippen LogP contribution in [0.25, 0.3) is 22.6 Å². The average molecular weight is 468 g/mol. The first kappa shape index (κ1) is 21.6. The maximum atomic E-state index is 12.4. The van der Waals surface area contributed by atoms with Gasteiger partial charge in [-0.05, 0) is 72.9 Å². The molecule has 0 aliphatic heterocycles. The predicted octanol–water partition coefficient (Wildman–Crippen LogP) is 5.29. The number of oxazole rings is 1. The van der Waals surface area contributed by atoms with Crippen LogP contribution in [0.15, 0.2) is 65.1 Å². The van der Waals surface area contributed by atoms with Crippen molar-refractivity contribution < 1.29 is 18.7 Å². The van der Waals surface area contributed by atoms with Crippen LogP contribution in [0, 0.1) is 0 Å². The molecule has 2 N–H and O–H groups in total. The molecule has 0 bridgehead atoms. The monoisotopic (exact) mass is 467 g/mol. The number of hydrogen-bond acceptors (Lipinski definition) is 6. The Kier molecular flexibility index (Phi) is 6.25. The molecule has 0 radical (unpaired) electrons. The lowest BCUT2D eigenvalue weighted by atomic mass is 10.2. The van der Waals surface area contributed by atoms with E-state index in [1.807, 2.05) is 6.07 Å². The molecule has 1 heterocycles. The number of methoxy groups -OCH3 is 2. The summed E-state index contributed by atoms with van der Waals surface area (Å²) in [5, 5.41) is 6.26. The van der Waals surface area contributed by atoms with Crippen molar-refractivity contribution in [2.45, 2.75) is 0 Å². The maximum absolute atomic E-state index is 12.4. The molecule has 7 nitrogen and oxygen atoms in total. The summed E-state index contributed by atoms with van der Waals surface area (Å²) in [6.07, 6.45) is 0. The molecule has 32 heavy (non-hydrogen) atoms. The Morgan fingerprint density at radius 3 is 2.50 bits per heavy atom. The molecule has 0 unspecified atom stereocenters. The van der Waals surface area contributed by atoms with Crippen molar-refractivity contribution in [2.24, 2.45) is 0 Å². The van der Waals surface area contributed by atoms with Gasteiger partial charge in [-0.15, -0.1) is 0 Å². The lowest BCUT2D eigenvalue weighted by molar-refractivity contribution is 0.0977. The molecule has 4 aromatic rings. The molecule has 0 spiro atoms. The minimum atomic E-state index is -0.327. The number of aromatic nitrogens is 1. The third kappa shape index (κ3) is 4.66. The van der Waals surface area contributed by atoms with E-state index in [2.05, 4.69) is 15.6 Å². The SMILES string of the molecule is COc1ccc(C(=O)NC(=S)Nc2ccc3oc(-c4ccc(OC)c(Cl)c4)nc3c2)cc1. The van der Waals surface area contributed by atoms with Crippen LogP contribution >= 0.6 is 23.8 Å². The van der Waals surface area contributed by atoms with Crippen molar-refractivity contribution in [3.05, 3.63) is 71.2 Å². The van der Waals surface area contributed by atoms with Crippen LogP contribution in [0.3, 0.4) is 0 Å². The van der Waals surface area contributed by atoms with E-state index in [4.69, 9.17) is 37.7 Å². The Morgan fingerprint density at radius 2 is 1.81 bits per heavy atom. The smallest absolute Gasteiger partial charge is 0.257 e. The number of benzene rings is 3. The number of nitrogens with one attached hydrogen (secondary N) is 2. The fourth-order valence-corrected chi connectivity index (χ4v) is 3.48. The van der Waals surface area contributed by atoms with E-state index >= 15 is 0 Å². The van der Waals surface area contributed by atoms with Crippen molar-refractivity contribution >= 4 is 51.6 Å². The van der Waals surface area contributed by atoms with E-state index < -0.39 is 0 Å². The van der Waals surface area contributed by atoms with E-state index in [1.165, 1.54) is 0 Å². The number of fused-ring (bicyclic) bond motifs is 1. The number of rotatable bonds is 5. The minimum Gasteiger partial charge on any atom is -0.497 e. The van der Waals surface area contributed by atoms with Crippen LogP contribution in [0.2, 0.25) is 5.02 Å². The summed E-state index contributed by atoms with van der Waals surface area (Å²) in [4.78, 5) is 16.9. The Balaban J connectivity index is 1.47. The van der Waals surface area contributed by atoms with Gasteiger partial charge in [-0.3, -0.25) is 10.1 Å². The van der Waals surface area contributed by atoms with Gasteiger partial charge >= 0.3 is 0 Å². The molecule has 3 aromatic carbocycles. The molecule has 0 aliphatic rings. The number of hydrogen-bond donors (Lipinski definition) is 2. The van der Waals surface area contributed by atoms with Gasteiger partial charge in [-0.1, -0.05) is 11.6 Å². The van der Waals surface area contributed by atoms with Gasteiger partial charge < -0.3 is 19.2 Å². The highest BCUT2D eigenvalue weighted by Gasteiger charge is 2.13. The summed E-state index contributed by atoms with van der Waals surface area (Å²) >= 11 is 11.5. The summed E-state index contributed by atoms with van der Waals surface area (Å²) in [5.74, 6) is 1.34. The van der Waals surface area contributed by atoms with Crippen molar-refractivity contribution in [3.8, 4) is 23.0 Å². The quantitative estimate of drug-likeness (QED) is 0.385. The van der Waals surface area contributed by atoms with Crippen LogP contribution in [-0.2, 0) is 0 Å². The molecular weight excluding hydrogens is 450 g/mol. The standard InChI is InChI=1S/C23H18ClN3O4S/c1-29-16-7-3-13(4-8-16)21(28)27-23(32)25-15-6-10-20-18(12-15)26-22(31-20)14-5-9-19(30-2)17(24)11-14/h3-12H,1-2H3,(H2,25,27,28,32). The van der Waals surface area contributed by atoms with E-state index in [0.29, 0.717) is 44.8 Å². The van der Waals surface area contributed by atoms with Crippen molar-refractivity contribution in [1.29, 1.82) is 0 Å². The van der Waals surface area contributed by atoms with Crippen LogP contribution in [0.1, 0.15) is 10.4 Å². The van der Waals surface area contributed by atoms with Gasteiger partial charge in [-0.2, -0.15) is 0 Å². The van der Waals surface area contributed by atoms with Gasteiger partial charge in [0.25, 0.3) is 5.91 Å².